The van der Waals surface area contributed by atoms with Gasteiger partial charge in [-0.1, -0.05) is 44.0 Å². The Bertz CT molecular complexity index is 705. The summed E-state index contributed by atoms with van der Waals surface area (Å²) in [7, 11) is 1.41. The normalized spacial score (nSPS) is 10.7. The van der Waals surface area contributed by atoms with Crippen LogP contribution in [0.2, 0.25) is 0 Å². The zero-order chi connectivity index (χ0) is 18.2. The molecule has 25 heavy (non-hydrogen) atoms. The monoisotopic (exact) mass is 356 g/mol. The molecule has 0 aliphatic carbocycles. The molecule has 0 spiro atoms. The van der Waals surface area contributed by atoms with Gasteiger partial charge in [-0.05, 0) is 73.7 Å². The lowest BCUT2D eigenvalue weighted by Crippen LogP contribution is -2.00. The van der Waals surface area contributed by atoms with E-state index in [1.165, 1.54) is 54.4 Å². The Kier molecular flexibility index (Phi) is 7.57. The zero-order valence-electron chi connectivity index (χ0n) is 15.7. The second-order valence-electron chi connectivity index (χ2n) is 6.47. The predicted octanol–water partition coefficient (Wildman–Crippen LogP) is 6.36. The minimum absolute atomic E-state index is 0.292. The summed E-state index contributed by atoms with van der Waals surface area (Å²) in [5.74, 6) is -0.292. The summed E-state index contributed by atoms with van der Waals surface area (Å²) in [6.45, 7) is 6.60. The van der Waals surface area contributed by atoms with Crippen LogP contribution < -0.4 is 0 Å². The lowest BCUT2D eigenvalue weighted by atomic mass is 10.0. The van der Waals surface area contributed by atoms with Gasteiger partial charge in [-0.15, -0.1) is 0 Å². The number of benzene rings is 2. The Morgan fingerprint density at radius 3 is 2.32 bits per heavy atom. The topological polar surface area (TPSA) is 26.3 Å². The highest BCUT2D eigenvalue weighted by Crippen LogP contribution is 2.33. The summed E-state index contributed by atoms with van der Waals surface area (Å²) in [6.07, 6.45) is 6.24. The second-order valence-corrected chi connectivity index (χ2v) is 7.59. The summed E-state index contributed by atoms with van der Waals surface area (Å²) in [4.78, 5) is 14.0. The predicted molar refractivity (Wildman–Crippen MR) is 106 cm³/mol. The Labute approximate surface area is 156 Å². The summed E-state index contributed by atoms with van der Waals surface area (Å²) < 4.78 is 4.76. The Hall–Kier alpha value is -1.74. The van der Waals surface area contributed by atoms with E-state index in [1.807, 2.05) is 24.3 Å². The van der Waals surface area contributed by atoms with Gasteiger partial charge in [0.1, 0.15) is 0 Å². The van der Waals surface area contributed by atoms with Gasteiger partial charge >= 0.3 is 5.97 Å². The van der Waals surface area contributed by atoms with Crippen molar-refractivity contribution in [2.75, 3.05) is 7.11 Å². The molecular weight excluding hydrogens is 328 g/mol. The van der Waals surface area contributed by atoms with Crippen LogP contribution in [0.15, 0.2) is 46.2 Å². The molecular formula is C22H28O2S. The number of carbonyl (C=O) groups excluding carboxylic acids is 1. The van der Waals surface area contributed by atoms with Gasteiger partial charge in [-0.25, -0.2) is 4.79 Å². The molecule has 0 N–H and O–H groups in total. The summed E-state index contributed by atoms with van der Waals surface area (Å²) in [5.41, 5.74) is 4.70. The molecule has 0 saturated carbocycles. The van der Waals surface area contributed by atoms with Crippen LogP contribution >= 0.6 is 11.8 Å². The molecule has 2 rings (SSSR count). The quantitative estimate of drug-likeness (QED) is 0.406. The first kappa shape index (κ1) is 19.6. The molecule has 0 unspecified atom stereocenters. The van der Waals surface area contributed by atoms with Crippen LogP contribution in [0.25, 0.3) is 0 Å². The van der Waals surface area contributed by atoms with Crippen molar-refractivity contribution >= 4 is 17.7 Å². The molecule has 0 amide bonds. The third-order valence-electron chi connectivity index (χ3n) is 4.48. The molecule has 0 aliphatic heterocycles. The molecule has 0 atom stereocenters. The fourth-order valence-corrected chi connectivity index (χ4v) is 3.84. The summed E-state index contributed by atoms with van der Waals surface area (Å²) in [6, 6.07) is 12.3. The van der Waals surface area contributed by atoms with E-state index in [0.717, 1.165) is 11.3 Å². The second kappa shape index (κ2) is 9.67. The maximum Gasteiger partial charge on any atom is 0.337 e. The average molecular weight is 357 g/mol. The van der Waals surface area contributed by atoms with Crippen molar-refractivity contribution in [1.82, 2.24) is 0 Å². The van der Waals surface area contributed by atoms with Crippen LogP contribution in [0.1, 0.15) is 59.7 Å². The van der Waals surface area contributed by atoms with E-state index in [1.54, 1.807) is 11.8 Å². The van der Waals surface area contributed by atoms with Crippen molar-refractivity contribution in [3.63, 3.8) is 0 Å². The molecule has 0 aromatic heterocycles. The minimum Gasteiger partial charge on any atom is -0.465 e. The van der Waals surface area contributed by atoms with Crippen molar-refractivity contribution in [1.29, 1.82) is 0 Å². The van der Waals surface area contributed by atoms with Crippen molar-refractivity contribution in [2.24, 2.45) is 0 Å². The first-order valence-corrected chi connectivity index (χ1v) is 9.83. The minimum atomic E-state index is -0.292. The first-order valence-electron chi connectivity index (χ1n) is 9.01. The number of unbranched alkanes of at least 4 members (excludes halogenated alkanes) is 3. The molecule has 0 fully saturated rings. The third kappa shape index (κ3) is 5.64. The highest BCUT2D eigenvalue weighted by Gasteiger charge is 2.09. The van der Waals surface area contributed by atoms with Crippen LogP contribution in [0.3, 0.4) is 0 Å². The standard InChI is InChI=1S/C22H28O2S/c1-5-6-7-8-9-19-14-16(2)17(3)15-21(19)25-20-12-10-18(11-13-20)22(23)24-4/h10-15H,5-9H2,1-4H3. The van der Waals surface area contributed by atoms with Gasteiger partial charge in [0.05, 0.1) is 12.7 Å². The van der Waals surface area contributed by atoms with Gasteiger partial charge < -0.3 is 4.74 Å². The number of ether oxygens (including phenoxy) is 1. The molecule has 0 aliphatic rings. The number of esters is 1. The fraction of sp³-hybridized carbons (Fsp3) is 0.409. The highest BCUT2D eigenvalue weighted by atomic mass is 32.2. The fourth-order valence-electron chi connectivity index (χ4n) is 2.79. The van der Waals surface area contributed by atoms with Crippen LogP contribution in [-0.2, 0) is 11.2 Å². The maximum absolute atomic E-state index is 11.6. The lowest BCUT2D eigenvalue weighted by Gasteiger charge is -2.13. The van der Waals surface area contributed by atoms with E-state index in [2.05, 4.69) is 32.9 Å². The van der Waals surface area contributed by atoms with E-state index in [4.69, 9.17) is 4.74 Å². The lowest BCUT2D eigenvalue weighted by molar-refractivity contribution is 0.0600. The molecule has 0 radical (unpaired) electrons. The number of hydrogen-bond donors (Lipinski definition) is 0. The first-order chi connectivity index (χ1) is 12.0. The van der Waals surface area contributed by atoms with Gasteiger partial charge in [-0.2, -0.15) is 0 Å². The van der Waals surface area contributed by atoms with Gasteiger partial charge in [0, 0.05) is 9.79 Å². The Morgan fingerprint density at radius 1 is 1.00 bits per heavy atom. The zero-order valence-corrected chi connectivity index (χ0v) is 16.5. The van der Waals surface area contributed by atoms with Gasteiger partial charge in [-0.3, -0.25) is 0 Å². The molecule has 3 heteroatoms. The number of rotatable bonds is 8. The molecule has 2 aromatic carbocycles. The Balaban J connectivity index is 2.16. The van der Waals surface area contributed by atoms with Crippen molar-refractivity contribution in [3.05, 3.63) is 58.7 Å². The van der Waals surface area contributed by atoms with Crippen molar-refractivity contribution in [3.8, 4) is 0 Å². The van der Waals surface area contributed by atoms with Crippen LogP contribution in [0, 0.1) is 13.8 Å². The van der Waals surface area contributed by atoms with Crippen molar-refractivity contribution in [2.45, 2.75) is 62.7 Å². The summed E-state index contributed by atoms with van der Waals surface area (Å²) in [5, 5.41) is 0. The molecule has 2 aromatic rings. The van der Waals surface area contributed by atoms with Gasteiger partial charge in [0.15, 0.2) is 0 Å². The average Bonchev–Trinajstić information content (AvgIpc) is 2.62. The van der Waals surface area contributed by atoms with E-state index in [-0.39, 0.29) is 5.97 Å². The SMILES string of the molecule is CCCCCCc1cc(C)c(C)cc1Sc1ccc(C(=O)OC)cc1. The molecule has 0 bridgehead atoms. The van der Waals surface area contributed by atoms with E-state index in [9.17, 15) is 4.79 Å². The van der Waals surface area contributed by atoms with Gasteiger partial charge in [0.25, 0.3) is 0 Å². The number of carbonyl (C=O) groups is 1. The van der Waals surface area contributed by atoms with Crippen LogP contribution in [0.5, 0.6) is 0 Å². The number of methoxy groups -OCH3 is 1. The largest absolute Gasteiger partial charge is 0.465 e. The van der Waals surface area contributed by atoms with Crippen LogP contribution in [-0.4, -0.2) is 13.1 Å². The van der Waals surface area contributed by atoms with Gasteiger partial charge in [0.2, 0.25) is 0 Å². The van der Waals surface area contributed by atoms with E-state index >= 15 is 0 Å². The number of aryl methyl sites for hydroxylation is 3. The molecule has 2 nitrogen and oxygen atoms in total. The smallest absolute Gasteiger partial charge is 0.337 e. The molecule has 0 saturated heterocycles. The van der Waals surface area contributed by atoms with E-state index in [0.29, 0.717) is 5.56 Å². The highest BCUT2D eigenvalue weighted by molar-refractivity contribution is 7.99. The summed E-state index contributed by atoms with van der Waals surface area (Å²) >= 11 is 1.78. The maximum atomic E-state index is 11.6. The van der Waals surface area contributed by atoms with Crippen molar-refractivity contribution < 1.29 is 9.53 Å². The number of hydrogen-bond acceptors (Lipinski definition) is 3. The Morgan fingerprint density at radius 2 is 1.68 bits per heavy atom. The van der Waals surface area contributed by atoms with E-state index < -0.39 is 0 Å². The van der Waals surface area contributed by atoms with Crippen LogP contribution in [0.4, 0.5) is 0 Å². The molecule has 134 valence electrons. The third-order valence-corrected chi connectivity index (χ3v) is 5.59. The molecule has 0 heterocycles.